The summed E-state index contributed by atoms with van der Waals surface area (Å²) in [7, 11) is 0. The second-order valence-corrected chi connectivity index (χ2v) is 7.36. The molecule has 32 heavy (non-hydrogen) atoms. The molecule has 0 unspecified atom stereocenters. The molecule has 0 bridgehead atoms. The van der Waals surface area contributed by atoms with Crippen LogP contribution in [-0.4, -0.2) is 19.4 Å². The Bertz CT molecular complexity index is 2030. The number of fused-ring (bicyclic) bond motifs is 5. The van der Waals surface area contributed by atoms with Gasteiger partial charge in [-0.2, -0.15) is 0 Å². The monoisotopic (exact) mass is 421 g/mol. The third-order valence-electron chi connectivity index (χ3n) is 5.58. The van der Waals surface area contributed by atoms with Gasteiger partial charge in [-0.15, -0.1) is 0 Å². The molecule has 9 nitrogen and oxygen atoms in total. The van der Waals surface area contributed by atoms with Gasteiger partial charge in [0, 0.05) is 16.3 Å². The number of aromatic nitrogens is 4. The van der Waals surface area contributed by atoms with E-state index in [4.69, 9.17) is 5.41 Å². The maximum absolute atomic E-state index is 13.3. The van der Waals surface area contributed by atoms with Gasteiger partial charge in [0.1, 0.15) is 38.8 Å². The summed E-state index contributed by atoms with van der Waals surface area (Å²) < 4.78 is 1.00. The summed E-state index contributed by atoms with van der Waals surface area (Å²) in [5.74, 6) is 0.105. The summed E-state index contributed by atoms with van der Waals surface area (Å²) in [6.45, 7) is 0. The van der Waals surface area contributed by atoms with Crippen molar-refractivity contribution in [2.75, 3.05) is 0 Å². The average molecular weight is 421 g/mol. The van der Waals surface area contributed by atoms with Gasteiger partial charge in [0.05, 0.1) is 0 Å². The van der Waals surface area contributed by atoms with Gasteiger partial charge >= 0.3 is 0 Å². The van der Waals surface area contributed by atoms with E-state index in [9.17, 15) is 19.2 Å². The van der Waals surface area contributed by atoms with Crippen LogP contribution in [0, 0.1) is 5.41 Å². The molecule has 0 aliphatic rings. The van der Waals surface area contributed by atoms with Gasteiger partial charge in [-0.3, -0.25) is 24.6 Å². The van der Waals surface area contributed by atoms with Crippen LogP contribution in [-0.2, 0) is 0 Å². The van der Waals surface area contributed by atoms with Crippen LogP contribution in [0.2, 0.25) is 0 Å². The van der Waals surface area contributed by atoms with Crippen molar-refractivity contribution in [1.29, 1.82) is 5.41 Å². The normalized spacial score (nSPS) is 11.8. The molecule has 0 saturated carbocycles. The first-order valence-electron chi connectivity index (χ1n) is 9.62. The Labute approximate surface area is 176 Å². The van der Waals surface area contributed by atoms with E-state index in [1.165, 1.54) is 0 Å². The lowest BCUT2D eigenvalue weighted by atomic mass is 10.1. The maximum atomic E-state index is 13.3. The zero-order valence-corrected chi connectivity index (χ0v) is 16.2. The number of benzene rings is 3. The molecule has 0 saturated heterocycles. The Morgan fingerprint density at radius 1 is 0.750 bits per heavy atom. The van der Waals surface area contributed by atoms with Gasteiger partial charge in [-0.05, 0) is 0 Å². The predicted octanol–water partition coefficient (Wildman–Crippen LogP) is 0.980. The number of hydrogen-bond acceptors (Lipinski definition) is 7. The highest BCUT2D eigenvalue weighted by atomic mass is 16.2. The zero-order chi connectivity index (χ0) is 22.1. The smallest absolute Gasteiger partial charge is 0.271 e. The Morgan fingerprint density at radius 2 is 1.38 bits per heavy atom. The van der Waals surface area contributed by atoms with Crippen molar-refractivity contribution in [1.82, 2.24) is 19.4 Å². The average Bonchev–Trinajstić information content (AvgIpc) is 3.10. The molecule has 3 heterocycles. The summed E-state index contributed by atoms with van der Waals surface area (Å²) in [6.07, 6.45) is 0. The highest BCUT2D eigenvalue weighted by Gasteiger charge is 2.22. The number of H-pyrrole nitrogens is 1. The van der Waals surface area contributed by atoms with Gasteiger partial charge < -0.3 is 4.98 Å². The minimum Gasteiger partial charge on any atom is -0.306 e. The fourth-order valence-corrected chi connectivity index (χ4v) is 4.10. The van der Waals surface area contributed by atoms with E-state index < -0.39 is 43.8 Å². The SMILES string of the molecule is N=c1c2ccccc2c2nc3c(=O)c4c(=O)[nH]c(-c5ccccc5)nc4c(=O)c3c(=O)n12. The zero-order valence-electron chi connectivity index (χ0n) is 16.2. The lowest BCUT2D eigenvalue weighted by molar-refractivity contribution is 0.997. The van der Waals surface area contributed by atoms with Crippen molar-refractivity contribution in [2.24, 2.45) is 0 Å². The number of hydrogen-bond donors (Lipinski definition) is 2. The van der Waals surface area contributed by atoms with Crippen LogP contribution in [0.25, 0.3) is 49.6 Å². The Morgan fingerprint density at radius 3 is 2.12 bits per heavy atom. The molecule has 0 aliphatic carbocycles. The molecule has 0 fully saturated rings. The standard InChI is InChI=1S/C23H11N5O4/c24-19-11-8-4-5-9-12(11)21-26-16-14(23(32)28(19)21)18(30)15-13(17(16)29)22(31)27-20(25-15)10-6-2-1-3-7-10/h1-9,24H,(H,25,27,31). The van der Waals surface area contributed by atoms with E-state index in [2.05, 4.69) is 15.0 Å². The first kappa shape index (κ1) is 18.0. The number of aromatic amines is 1. The molecule has 0 radical (unpaired) electrons. The molecular weight excluding hydrogens is 410 g/mol. The highest BCUT2D eigenvalue weighted by molar-refractivity contribution is 5.99. The van der Waals surface area contributed by atoms with Crippen LogP contribution in [0.15, 0.2) is 73.8 Å². The van der Waals surface area contributed by atoms with Gasteiger partial charge in [0.15, 0.2) is 0 Å². The second-order valence-electron chi connectivity index (χ2n) is 7.36. The van der Waals surface area contributed by atoms with E-state index in [-0.39, 0.29) is 17.0 Å². The van der Waals surface area contributed by atoms with Gasteiger partial charge in [-0.25, -0.2) is 14.4 Å². The molecule has 0 spiro atoms. The number of rotatable bonds is 1. The van der Waals surface area contributed by atoms with E-state index >= 15 is 0 Å². The molecule has 3 aromatic heterocycles. The summed E-state index contributed by atoms with van der Waals surface area (Å²) >= 11 is 0. The molecule has 9 heteroatoms. The third-order valence-corrected chi connectivity index (χ3v) is 5.58. The largest absolute Gasteiger partial charge is 0.306 e. The molecule has 0 amide bonds. The van der Waals surface area contributed by atoms with E-state index in [0.29, 0.717) is 16.3 Å². The van der Waals surface area contributed by atoms with Gasteiger partial charge in [0.2, 0.25) is 10.9 Å². The van der Waals surface area contributed by atoms with Crippen LogP contribution in [0.1, 0.15) is 0 Å². The van der Waals surface area contributed by atoms with E-state index in [1.807, 2.05) is 0 Å². The van der Waals surface area contributed by atoms with Crippen molar-refractivity contribution in [2.45, 2.75) is 0 Å². The van der Waals surface area contributed by atoms with E-state index in [1.54, 1.807) is 54.6 Å². The van der Waals surface area contributed by atoms with Crippen LogP contribution in [0.3, 0.4) is 0 Å². The van der Waals surface area contributed by atoms with Crippen molar-refractivity contribution in [3.63, 3.8) is 0 Å². The fraction of sp³-hybridized carbons (Fsp3) is 0. The molecule has 0 aliphatic heterocycles. The third kappa shape index (κ3) is 2.19. The fourth-order valence-electron chi connectivity index (χ4n) is 4.10. The topological polar surface area (TPSA) is 138 Å². The molecule has 6 aromatic rings. The van der Waals surface area contributed by atoms with Gasteiger partial charge in [-0.1, -0.05) is 54.6 Å². The minimum absolute atomic E-state index is 0.0873. The predicted molar refractivity (Wildman–Crippen MR) is 119 cm³/mol. The molecule has 0 atom stereocenters. The van der Waals surface area contributed by atoms with Crippen LogP contribution in [0.4, 0.5) is 0 Å². The Kier molecular flexibility index (Phi) is 3.44. The van der Waals surface area contributed by atoms with Crippen LogP contribution in [0.5, 0.6) is 0 Å². The molecule has 152 valence electrons. The maximum Gasteiger partial charge on any atom is 0.271 e. The Balaban J connectivity index is 1.88. The summed E-state index contributed by atoms with van der Waals surface area (Å²) in [6, 6.07) is 15.4. The van der Waals surface area contributed by atoms with Crippen LogP contribution >= 0.6 is 0 Å². The van der Waals surface area contributed by atoms with E-state index in [0.717, 1.165) is 4.40 Å². The second kappa shape index (κ2) is 6.11. The number of nitrogens with one attached hydrogen (secondary N) is 2. The molecular formula is C23H11N5O4. The van der Waals surface area contributed by atoms with Crippen molar-refractivity contribution >= 4 is 38.2 Å². The quantitative estimate of drug-likeness (QED) is 0.380. The first-order chi connectivity index (χ1) is 15.5. The van der Waals surface area contributed by atoms with Gasteiger partial charge in [0.25, 0.3) is 11.1 Å². The minimum atomic E-state index is -0.866. The molecule has 2 N–H and O–H groups in total. The first-order valence-corrected chi connectivity index (χ1v) is 9.62. The summed E-state index contributed by atoms with van der Waals surface area (Å²) in [5, 5.41) is 8.39. The Hall–Kier alpha value is -4.79. The molecule has 6 rings (SSSR count). The highest BCUT2D eigenvalue weighted by Crippen LogP contribution is 2.17. The molecule has 3 aromatic carbocycles. The van der Waals surface area contributed by atoms with Crippen molar-refractivity contribution in [3.8, 4) is 11.4 Å². The number of nitrogens with zero attached hydrogens (tertiary/aromatic N) is 3. The van der Waals surface area contributed by atoms with Crippen LogP contribution < -0.4 is 27.5 Å². The summed E-state index contributed by atoms with van der Waals surface area (Å²) in [4.78, 5) is 63.6. The van der Waals surface area contributed by atoms with Crippen molar-refractivity contribution in [3.05, 3.63) is 101 Å². The van der Waals surface area contributed by atoms with Crippen molar-refractivity contribution < 1.29 is 0 Å². The lowest BCUT2D eigenvalue weighted by Crippen LogP contribution is -2.32. The lowest BCUT2D eigenvalue weighted by Gasteiger charge is -2.04. The summed E-state index contributed by atoms with van der Waals surface area (Å²) in [5.41, 5.74) is -3.63.